The fourth-order valence-electron chi connectivity index (χ4n) is 2.44. The molecule has 0 unspecified atom stereocenters. The van der Waals surface area contributed by atoms with E-state index >= 15 is 0 Å². The highest BCUT2D eigenvalue weighted by atomic mass is 35.5. The average molecular weight is 363 g/mol. The third-order valence-corrected chi connectivity index (χ3v) is 3.90. The van der Waals surface area contributed by atoms with Gasteiger partial charge in [-0.25, -0.2) is 0 Å². The first-order chi connectivity index (χ1) is 12.5. The molecule has 3 aromatic rings. The van der Waals surface area contributed by atoms with Gasteiger partial charge in [0.1, 0.15) is 23.2 Å². The zero-order chi connectivity index (χ0) is 18.5. The van der Waals surface area contributed by atoms with Gasteiger partial charge >= 0.3 is 0 Å². The van der Waals surface area contributed by atoms with Crippen LogP contribution in [0.1, 0.15) is 11.3 Å². The van der Waals surface area contributed by atoms with Gasteiger partial charge in [-0.05, 0) is 48.9 Å². The number of benzene rings is 2. The van der Waals surface area contributed by atoms with Gasteiger partial charge in [-0.15, -0.1) is 0 Å². The molecule has 0 bridgehead atoms. The molecule has 1 amide bonds. The summed E-state index contributed by atoms with van der Waals surface area (Å²) in [6, 6.07) is 20.0. The quantitative estimate of drug-likeness (QED) is 0.495. The van der Waals surface area contributed by atoms with E-state index in [4.69, 9.17) is 16.0 Å². The fourth-order valence-corrected chi connectivity index (χ4v) is 2.63. The summed E-state index contributed by atoms with van der Waals surface area (Å²) in [5.41, 5.74) is 2.43. The largest absolute Gasteiger partial charge is 0.457 e. The second-order valence-electron chi connectivity index (χ2n) is 5.71. The van der Waals surface area contributed by atoms with Crippen LogP contribution in [0.2, 0.25) is 5.02 Å². The first kappa shape index (κ1) is 17.5. The van der Waals surface area contributed by atoms with Gasteiger partial charge in [-0.2, -0.15) is 5.26 Å². The highest BCUT2D eigenvalue weighted by Crippen LogP contribution is 2.25. The van der Waals surface area contributed by atoms with E-state index in [1.807, 2.05) is 43.3 Å². The number of anilines is 1. The molecule has 0 spiro atoms. The van der Waals surface area contributed by atoms with Crippen LogP contribution < -0.4 is 5.32 Å². The Balaban J connectivity index is 1.81. The third-order valence-electron chi connectivity index (χ3n) is 3.66. The van der Waals surface area contributed by atoms with Crippen molar-refractivity contribution in [2.45, 2.75) is 6.92 Å². The molecule has 2 aromatic carbocycles. The van der Waals surface area contributed by atoms with E-state index in [1.54, 1.807) is 30.3 Å². The van der Waals surface area contributed by atoms with Gasteiger partial charge in [0.05, 0.1) is 0 Å². The predicted molar refractivity (Wildman–Crippen MR) is 103 cm³/mol. The highest BCUT2D eigenvalue weighted by Gasteiger charge is 2.11. The monoisotopic (exact) mass is 362 g/mol. The molecule has 0 aliphatic rings. The summed E-state index contributed by atoms with van der Waals surface area (Å²) < 4.78 is 5.71. The molecule has 0 saturated heterocycles. The number of amides is 1. The summed E-state index contributed by atoms with van der Waals surface area (Å²) in [7, 11) is 0. The second kappa shape index (κ2) is 7.73. The molecule has 0 fully saturated rings. The molecule has 26 heavy (non-hydrogen) atoms. The number of nitrogens with one attached hydrogen (secondary N) is 1. The topological polar surface area (TPSA) is 66.0 Å². The van der Waals surface area contributed by atoms with E-state index in [2.05, 4.69) is 5.32 Å². The van der Waals surface area contributed by atoms with Crippen molar-refractivity contribution in [2.75, 3.05) is 5.32 Å². The van der Waals surface area contributed by atoms with Crippen molar-refractivity contribution in [1.82, 2.24) is 0 Å². The van der Waals surface area contributed by atoms with E-state index in [9.17, 15) is 10.1 Å². The van der Waals surface area contributed by atoms with Gasteiger partial charge in [-0.3, -0.25) is 4.79 Å². The Morgan fingerprint density at radius 2 is 1.96 bits per heavy atom. The Bertz CT molecular complexity index is 1030. The normalized spacial score (nSPS) is 11.0. The van der Waals surface area contributed by atoms with Crippen molar-refractivity contribution in [1.29, 1.82) is 5.26 Å². The van der Waals surface area contributed by atoms with E-state index in [0.29, 0.717) is 22.2 Å². The van der Waals surface area contributed by atoms with Crippen LogP contribution in [0.3, 0.4) is 0 Å². The summed E-state index contributed by atoms with van der Waals surface area (Å²) in [6.45, 7) is 1.93. The van der Waals surface area contributed by atoms with Crippen molar-refractivity contribution < 1.29 is 9.21 Å². The van der Waals surface area contributed by atoms with E-state index in [1.165, 1.54) is 6.08 Å². The minimum Gasteiger partial charge on any atom is -0.457 e. The van der Waals surface area contributed by atoms with Gasteiger partial charge in [0.2, 0.25) is 0 Å². The SMILES string of the molecule is Cc1cccc(NC(=O)/C(C#N)=C/c2ccc(-c3cccc(Cl)c3)o2)c1. The van der Waals surface area contributed by atoms with Crippen LogP contribution in [0.25, 0.3) is 17.4 Å². The second-order valence-corrected chi connectivity index (χ2v) is 6.14. The van der Waals surface area contributed by atoms with Crippen molar-refractivity contribution in [3.05, 3.63) is 82.6 Å². The Morgan fingerprint density at radius 3 is 2.69 bits per heavy atom. The minimum atomic E-state index is -0.487. The molecule has 3 rings (SSSR count). The van der Waals surface area contributed by atoms with Crippen LogP contribution in [0.5, 0.6) is 0 Å². The van der Waals surface area contributed by atoms with Crippen LogP contribution >= 0.6 is 11.6 Å². The maximum Gasteiger partial charge on any atom is 0.266 e. The number of hydrogen-bond donors (Lipinski definition) is 1. The predicted octanol–water partition coefficient (Wildman–Crippen LogP) is 5.45. The summed E-state index contributed by atoms with van der Waals surface area (Å²) in [4.78, 5) is 12.3. The van der Waals surface area contributed by atoms with Crippen molar-refractivity contribution in [2.24, 2.45) is 0 Å². The van der Waals surface area contributed by atoms with Crippen LogP contribution in [0.15, 0.2) is 70.7 Å². The molecule has 0 radical (unpaired) electrons. The lowest BCUT2D eigenvalue weighted by atomic mass is 10.2. The van der Waals surface area contributed by atoms with Crippen molar-refractivity contribution in [3.63, 3.8) is 0 Å². The molecule has 0 atom stereocenters. The zero-order valence-electron chi connectivity index (χ0n) is 14.0. The standard InChI is InChI=1S/C21H15ClN2O2/c1-14-4-2-7-18(10-14)24-21(25)16(13-23)12-19-8-9-20(26-19)15-5-3-6-17(22)11-15/h2-12H,1H3,(H,24,25)/b16-12+. The van der Waals surface area contributed by atoms with Crippen LogP contribution in [0.4, 0.5) is 5.69 Å². The first-order valence-corrected chi connectivity index (χ1v) is 8.28. The maximum atomic E-state index is 12.3. The number of nitriles is 1. The summed E-state index contributed by atoms with van der Waals surface area (Å²) in [5, 5.41) is 12.6. The Labute approximate surface area is 156 Å². The third kappa shape index (κ3) is 4.21. The van der Waals surface area contributed by atoms with Gasteiger partial charge in [0, 0.05) is 22.3 Å². The number of halogens is 1. The summed E-state index contributed by atoms with van der Waals surface area (Å²) in [6.07, 6.45) is 1.42. The van der Waals surface area contributed by atoms with Gasteiger partial charge in [0.25, 0.3) is 5.91 Å². The molecular formula is C21H15ClN2O2. The molecule has 0 aliphatic carbocycles. The first-order valence-electron chi connectivity index (χ1n) is 7.91. The molecule has 1 N–H and O–H groups in total. The van der Waals surface area contributed by atoms with Crippen molar-refractivity contribution >= 4 is 29.3 Å². The minimum absolute atomic E-state index is 0.0431. The smallest absolute Gasteiger partial charge is 0.266 e. The Hall–Kier alpha value is -3.29. The lowest BCUT2D eigenvalue weighted by Gasteiger charge is -2.04. The Morgan fingerprint density at radius 1 is 1.15 bits per heavy atom. The number of rotatable bonds is 4. The maximum absolute atomic E-state index is 12.3. The van der Waals surface area contributed by atoms with E-state index in [-0.39, 0.29) is 5.57 Å². The number of carbonyl (C=O) groups is 1. The van der Waals surface area contributed by atoms with Crippen LogP contribution in [0, 0.1) is 18.3 Å². The van der Waals surface area contributed by atoms with E-state index < -0.39 is 5.91 Å². The molecule has 4 nitrogen and oxygen atoms in total. The number of furan rings is 1. The lowest BCUT2D eigenvalue weighted by molar-refractivity contribution is -0.112. The molecular weight excluding hydrogens is 348 g/mol. The molecule has 1 heterocycles. The summed E-state index contributed by atoms with van der Waals surface area (Å²) >= 11 is 5.99. The number of nitrogens with zero attached hydrogens (tertiary/aromatic N) is 1. The number of hydrogen-bond acceptors (Lipinski definition) is 3. The van der Waals surface area contributed by atoms with Crippen LogP contribution in [-0.4, -0.2) is 5.91 Å². The van der Waals surface area contributed by atoms with Crippen LogP contribution in [-0.2, 0) is 4.79 Å². The number of carbonyl (C=O) groups excluding carboxylic acids is 1. The lowest BCUT2D eigenvalue weighted by Crippen LogP contribution is -2.13. The fraction of sp³-hybridized carbons (Fsp3) is 0.0476. The average Bonchev–Trinajstić information content (AvgIpc) is 3.08. The summed E-state index contributed by atoms with van der Waals surface area (Å²) in [5.74, 6) is 0.532. The number of aryl methyl sites for hydroxylation is 1. The van der Waals surface area contributed by atoms with Gasteiger partial charge < -0.3 is 9.73 Å². The van der Waals surface area contributed by atoms with E-state index in [0.717, 1.165) is 11.1 Å². The van der Waals surface area contributed by atoms with Crippen molar-refractivity contribution in [3.8, 4) is 17.4 Å². The molecule has 0 aliphatic heterocycles. The molecule has 128 valence electrons. The molecule has 5 heteroatoms. The highest BCUT2D eigenvalue weighted by molar-refractivity contribution is 6.30. The van der Waals surface area contributed by atoms with Gasteiger partial charge in [0.15, 0.2) is 0 Å². The zero-order valence-corrected chi connectivity index (χ0v) is 14.7. The van der Waals surface area contributed by atoms with Gasteiger partial charge in [-0.1, -0.05) is 35.9 Å². The molecule has 0 saturated carbocycles. The Kier molecular flexibility index (Phi) is 5.21. The molecule has 1 aromatic heterocycles.